The van der Waals surface area contributed by atoms with Gasteiger partial charge >= 0.3 is 5.97 Å². The fourth-order valence-corrected chi connectivity index (χ4v) is 2.24. The Morgan fingerprint density at radius 3 is 2.83 bits per heavy atom. The van der Waals surface area contributed by atoms with E-state index in [4.69, 9.17) is 16.7 Å². The third-order valence-corrected chi connectivity index (χ3v) is 3.63. The summed E-state index contributed by atoms with van der Waals surface area (Å²) < 4.78 is 0. The van der Waals surface area contributed by atoms with E-state index in [9.17, 15) is 9.90 Å². The third kappa shape index (κ3) is 2.57. The molecule has 0 saturated carbocycles. The van der Waals surface area contributed by atoms with E-state index in [0.717, 1.165) is 11.5 Å². The van der Waals surface area contributed by atoms with Crippen LogP contribution in [0.3, 0.4) is 0 Å². The lowest BCUT2D eigenvalue weighted by Crippen LogP contribution is -2.46. The van der Waals surface area contributed by atoms with Crippen molar-refractivity contribution in [2.45, 2.75) is 19.4 Å². The van der Waals surface area contributed by atoms with Crippen molar-refractivity contribution in [1.82, 2.24) is 4.98 Å². The van der Waals surface area contributed by atoms with Crippen molar-refractivity contribution < 1.29 is 15.0 Å². The molecule has 0 unspecified atom stereocenters. The van der Waals surface area contributed by atoms with Crippen LogP contribution in [0.2, 0.25) is 5.02 Å². The fourth-order valence-electron chi connectivity index (χ4n) is 2.13. The molecule has 18 heavy (non-hydrogen) atoms. The maximum absolute atomic E-state index is 10.9. The minimum atomic E-state index is -0.942. The van der Waals surface area contributed by atoms with Crippen LogP contribution in [0.25, 0.3) is 0 Å². The second-order valence-electron chi connectivity index (χ2n) is 4.48. The van der Waals surface area contributed by atoms with Crippen molar-refractivity contribution in [3.05, 3.63) is 22.8 Å². The zero-order chi connectivity index (χ0) is 13.3. The van der Waals surface area contributed by atoms with Gasteiger partial charge in [-0.15, -0.1) is 0 Å². The number of aliphatic carboxylic acids is 1. The summed E-state index contributed by atoms with van der Waals surface area (Å²) in [6, 6.07) is 3.54. The van der Waals surface area contributed by atoms with Gasteiger partial charge < -0.3 is 15.1 Å². The lowest BCUT2D eigenvalue weighted by molar-refractivity contribution is -0.146. The number of aryl methyl sites for hydroxylation is 1. The molecule has 5 nitrogen and oxygen atoms in total. The highest BCUT2D eigenvalue weighted by molar-refractivity contribution is 6.31. The van der Waals surface area contributed by atoms with Gasteiger partial charge in [-0.25, -0.2) is 4.98 Å². The van der Waals surface area contributed by atoms with Gasteiger partial charge in [0.25, 0.3) is 0 Å². The Bertz CT molecular complexity index is 467. The molecule has 1 fully saturated rings. The van der Waals surface area contributed by atoms with Gasteiger partial charge in [-0.3, -0.25) is 4.79 Å². The number of carboxylic acids is 1. The van der Waals surface area contributed by atoms with Crippen LogP contribution in [-0.2, 0) is 4.79 Å². The van der Waals surface area contributed by atoms with E-state index in [1.54, 1.807) is 12.1 Å². The Kier molecular flexibility index (Phi) is 3.73. The average Bonchev–Trinajstić information content (AvgIpc) is 2.32. The minimum Gasteiger partial charge on any atom is -0.481 e. The highest BCUT2D eigenvalue weighted by Gasteiger charge is 2.33. The molecule has 1 aromatic rings. The number of carbonyl (C=O) groups is 1. The van der Waals surface area contributed by atoms with Crippen LogP contribution in [0, 0.1) is 12.8 Å². The molecular weight excluding hydrogens is 256 g/mol. The van der Waals surface area contributed by atoms with Gasteiger partial charge in [0, 0.05) is 13.1 Å². The topological polar surface area (TPSA) is 73.7 Å². The van der Waals surface area contributed by atoms with Gasteiger partial charge in [-0.05, 0) is 25.5 Å². The molecule has 1 saturated heterocycles. The molecule has 0 radical (unpaired) electrons. The lowest BCUT2D eigenvalue weighted by atomic mass is 9.94. The molecule has 98 valence electrons. The van der Waals surface area contributed by atoms with Crippen molar-refractivity contribution in [2.75, 3.05) is 18.0 Å². The predicted molar refractivity (Wildman–Crippen MR) is 67.9 cm³/mol. The van der Waals surface area contributed by atoms with Crippen LogP contribution in [0.1, 0.15) is 12.1 Å². The number of aliphatic hydroxyl groups excluding tert-OH is 1. The molecule has 0 aliphatic carbocycles. The molecule has 2 N–H and O–H groups in total. The number of rotatable bonds is 2. The van der Waals surface area contributed by atoms with Crippen LogP contribution in [-0.4, -0.2) is 40.4 Å². The Balaban J connectivity index is 2.12. The first-order valence-electron chi connectivity index (χ1n) is 5.78. The monoisotopic (exact) mass is 270 g/mol. The van der Waals surface area contributed by atoms with Gasteiger partial charge in [0.05, 0.1) is 22.7 Å². The van der Waals surface area contributed by atoms with E-state index in [2.05, 4.69) is 4.98 Å². The normalized spacial score (nSPS) is 24.1. The van der Waals surface area contributed by atoms with Gasteiger partial charge in [-0.2, -0.15) is 0 Å². The number of halogens is 1. The largest absolute Gasteiger partial charge is 0.481 e. The number of piperidine rings is 1. The number of hydrogen-bond donors (Lipinski definition) is 2. The number of β-amino-alcohol motifs (C(OH)–C–C–N with tert-alkyl or cyclic N) is 1. The number of nitrogens with zero attached hydrogens (tertiary/aromatic N) is 2. The van der Waals surface area contributed by atoms with Crippen molar-refractivity contribution in [3.63, 3.8) is 0 Å². The van der Waals surface area contributed by atoms with Gasteiger partial charge in [0.1, 0.15) is 5.82 Å². The molecule has 1 aliphatic rings. The smallest absolute Gasteiger partial charge is 0.309 e. The predicted octanol–water partition coefficient (Wildman–Crippen LogP) is 1.32. The van der Waals surface area contributed by atoms with Gasteiger partial charge in [0.15, 0.2) is 0 Å². The summed E-state index contributed by atoms with van der Waals surface area (Å²) in [5.41, 5.74) is 0.726. The highest BCUT2D eigenvalue weighted by atomic mass is 35.5. The summed E-state index contributed by atoms with van der Waals surface area (Å²) in [6.45, 7) is 2.67. The molecule has 1 aliphatic heterocycles. The quantitative estimate of drug-likeness (QED) is 0.848. The standard InChI is InChI=1S/C12H15ClN2O3/c1-7-9(13)2-3-11(14-7)15-5-4-8(12(17)18)10(16)6-15/h2-3,8,10,16H,4-6H2,1H3,(H,17,18)/t8-,10+/m0/s1. The zero-order valence-corrected chi connectivity index (χ0v) is 10.8. The molecule has 2 heterocycles. The summed E-state index contributed by atoms with van der Waals surface area (Å²) in [5, 5.41) is 19.4. The molecule has 2 atom stereocenters. The maximum atomic E-state index is 10.9. The van der Waals surface area contributed by atoms with E-state index in [1.165, 1.54) is 0 Å². The molecule has 1 aromatic heterocycles. The molecule has 2 rings (SSSR count). The van der Waals surface area contributed by atoms with Crippen molar-refractivity contribution in [2.24, 2.45) is 5.92 Å². The molecule has 0 spiro atoms. The Morgan fingerprint density at radius 2 is 2.28 bits per heavy atom. The average molecular weight is 271 g/mol. The highest BCUT2D eigenvalue weighted by Crippen LogP contribution is 2.24. The fraction of sp³-hybridized carbons (Fsp3) is 0.500. The van der Waals surface area contributed by atoms with E-state index in [-0.39, 0.29) is 6.54 Å². The van der Waals surface area contributed by atoms with Crippen molar-refractivity contribution in [3.8, 4) is 0 Å². The van der Waals surface area contributed by atoms with Gasteiger partial charge in [-0.1, -0.05) is 11.6 Å². The van der Waals surface area contributed by atoms with Crippen molar-refractivity contribution in [1.29, 1.82) is 0 Å². The summed E-state index contributed by atoms with van der Waals surface area (Å²) in [4.78, 5) is 17.1. The molecule has 0 aromatic carbocycles. The number of pyridine rings is 1. The first-order chi connectivity index (χ1) is 8.49. The SMILES string of the molecule is Cc1nc(N2CC[C@H](C(=O)O)[C@H](O)C2)ccc1Cl. The molecular formula is C12H15ClN2O3. The Hall–Kier alpha value is -1.33. The Labute approximate surface area is 110 Å². The van der Waals surface area contributed by atoms with Crippen LogP contribution in [0.15, 0.2) is 12.1 Å². The molecule has 6 heteroatoms. The van der Waals surface area contributed by atoms with Crippen LogP contribution < -0.4 is 4.90 Å². The van der Waals surface area contributed by atoms with Gasteiger partial charge in [0.2, 0.25) is 0 Å². The van der Waals surface area contributed by atoms with E-state index >= 15 is 0 Å². The van der Waals surface area contributed by atoms with Crippen LogP contribution in [0.4, 0.5) is 5.82 Å². The molecule has 0 amide bonds. The number of anilines is 1. The second kappa shape index (κ2) is 5.12. The van der Waals surface area contributed by atoms with Crippen molar-refractivity contribution >= 4 is 23.4 Å². The minimum absolute atomic E-state index is 0.283. The first-order valence-corrected chi connectivity index (χ1v) is 6.16. The van der Waals surface area contributed by atoms with E-state index < -0.39 is 18.0 Å². The van der Waals surface area contributed by atoms with E-state index in [0.29, 0.717) is 18.0 Å². The number of aliphatic hydroxyl groups is 1. The summed E-state index contributed by atoms with van der Waals surface area (Å²) in [5.74, 6) is -0.906. The molecule has 0 bridgehead atoms. The number of carboxylic acid groups (broad SMARTS) is 1. The first kappa shape index (κ1) is 13.1. The third-order valence-electron chi connectivity index (χ3n) is 3.23. The Morgan fingerprint density at radius 1 is 1.56 bits per heavy atom. The zero-order valence-electron chi connectivity index (χ0n) is 10.0. The maximum Gasteiger partial charge on any atom is 0.309 e. The number of aromatic nitrogens is 1. The summed E-state index contributed by atoms with van der Waals surface area (Å²) in [7, 11) is 0. The second-order valence-corrected chi connectivity index (χ2v) is 4.89. The summed E-state index contributed by atoms with van der Waals surface area (Å²) in [6.07, 6.45) is -0.450. The van der Waals surface area contributed by atoms with Crippen LogP contribution >= 0.6 is 11.6 Å². The summed E-state index contributed by atoms with van der Waals surface area (Å²) >= 11 is 5.90. The van der Waals surface area contributed by atoms with Crippen LogP contribution in [0.5, 0.6) is 0 Å². The van der Waals surface area contributed by atoms with E-state index in [1.807, 2.05) is 11.8 Å². The number of hydrogen-bond acceptors (Lipinski definition) is 4. The lowest BCUT2D eigenvalue weighted by Gasteiger charge is -2.34.